The summed E-state index contributed by atoms with van der Waals surface area (Å²) < 4.78 is 22.5. The van der Waals surface area contributed by atoms with Crippen molar-refractivity contribution in [1.29, 1.82) is 0 Å². The molecule has 0 saturated carbocycles. The number of thiophene rings is 1. The summed E-state index contributed by atoms with van der Waals surface area (Å²) in [4.78, 5) is 28.0. The number of Topliss-reactive ketones (excluding diaryl/α,β-unsaturated/α-hetero) is 1. The maximum Gasteiger partial charge on any atom is 0.353 e. The second kappa shape index (κ2) is 9.20. The van der Waals surface area contributed by atoms with Gasteiger partial charge < -0.3 is 4.74 Å². The molecule has 3 aromatic carbocycles. The fourth-order valence-electron chi connectivity index (χ4n) is 4.45. The second-order valence-corrected chi connectivity index (χ2v) is 9.03. The molecule has 4 aromatic rings. The van der Waals surface area contributed by atoms with Crippen molar-refractivity contribution >= 4 is 34.2 Å². The summed E-state index contributed by atoms with van der Waals surface area (Å²) >= 11 is 1.41. The number of esters is 1. The highest BCUT2D eigenvalue weighted by Gasteiger charge is 2.62. The Hall–Kier alpha value is -3.83. The normalized spacial score (nSPS) is 19.9. The zero-order valence-electron chi connectivity index (χ0n) is 18.2. The van der Waals surface area contributed by atoms with Crippen molar-refractivity contribution in [2.75, 3.05) is 0 Å². The molecule has 1 heterocycles. The lowest BCUT2D eigenvalue weighted by molar-refractivity contribution is -0.162. The number of hydrogen-bond acceptors (Lipinski definition) is 4. The Kier molecular flexibility index (Phi) is 5.95. The predicted octanol–water partition coefficient (Wildman–Crippen LogP) is 6.48. The number of ketones is 1. The molecule has 0 saturated heterocycles. The lowest BCUT2D eigenvalue weighted by Gasteiger charge is -2.26. The van der Waals surface area contributed by atoms with Gasteiger partial charge >= 0.3 is 5.97 Å². The summed E-state index contributed by atoms with van der Waals surface area (Å²) in [6.07, 6.45) is 0. The molecule has 1 aromatic heterocycles. The number of allylic oxidation sites excluding steroid dienone is 2. The summed E-state index contributed by atoms with van der Waals surface area (Å²) in [5, 5.41) is 1.88. The number of alkyl halides is 1. The monoisotopic (exact) mass is 468 g/mol. The first-order valence-corrected chi connectivity index (χ1v) is 11.8. The maximum atomic E-state index is 17.1. The summed E-state index contributed by atoms with van der Waals surface area (Å²) in [6.45, 7) is -0.116. The molecule has 168 valence electrons. The first-order valence-electron chi connectivity index (χ1n) is 10.9. The van der Waals surface area contributed by atoms with E-state index in [1.165, 1.54) is 11.3 Å². The van der Waals surface area contributed by atoms with Gasteiger partial charge in [0.05, 0.1) is 5.92 Å². The summed E-state index contributed by atoms with van der Waals surface area (Å²) in [5.74, 6) is -3.16. The number of rotatable bonds is 6. The Morgan fingerprint density at radius 1 is 0.853 bits per heavy atom. The van der Waals surface area contributed by atoms with Crippen LogP contribution >= 0.6 is 11.3 Å². The number of halogens is 1. The van der Waals surface area contributed by atoms with Crippen LogP contribution in [0.1, 0.15) is 27.5 Å². The molecular weight excluding hydrogens is 447 g/mol. The van der Waals surface area contributed by atoms with E-state index in [9.17, 15) is 9.59 Å². The van der Waals surface area contributed by atoms with Gasteiger partial charge in [-0.15, -0.1) is 11.3 Å². The molecule has 5 rings (SSSR count). The van der Waals surface area contributed by atoms with Crippen LogP contribution in [0.25, 0.3) is 11.1 Å². The molecule has 0 N–H and O–H groups in total. The molecule has 1 aliphatic carbocycles. The van der Waals surface area contributed by atoms with Crippen molar-refractivity contribution in [3.8, 4) is 0 Å². The van der Waals surface area contributed by atoms with E-state index >= 15 is 4.39 Å². The minimum Gasteiger partial charge on any atom is -0.458 e. The first-order chi connectivity index (χ1) is 16.6. The third-order valence-corrected chi connectivity index (χ3v) is 6.91. The van der Waals surface area contributed by atoms with Gasteiger partial charge in [0.15, 0.2) is 0 Å². The second-order valence-electron chi connectivity index (χ2n) is 8.08. The Morgan fingerprint density at radius 2 is 1.47 bits per heavy atom. The topological polar surface area (TPSA) is 43.4 Å². The largest absolute Gasteiger partial charge is 0.458 e. The molecule has 0 amide bonds. The van der Waals surface area contributed by atoms with E-state index in [-0.39, 0.29) is 12.2 Å². The zero-order valence-corrected chi connectivity index (χ0v) is 19.0. The van der Waals surface area contributed by atoms with E-state index in [4.69, 9.17) is 4.74 Å². The Balaban J connectivity index is 1.66. The molecule has 34 heavy (non-hydrogen) atoms. The molecule has 0 bridgehead atoms. The molecule has 1 aliphatic rings. The minimum atomic E-state index is -2.89. The van der Waals surface area contributed by atoms with Crippen LogP contribution in [-0.2, 0) is 20.9 Å². The highest BCUT2D eigenvalue weighted by atomic mass is 32.1. The standard InChI is InChI=1S/C29H21FO3S/c30-29(28(32)33-19-20-11-4-1-5-12-20)26(22-15-8-3-9-16-22)25(23-17-10-18-34-23)24(27(29)31)21-13-6-2-7-14-21/h1-18,26H,19H2/t26-,29+/m0/s1. The highest BCUT2D eigenvalue weighted by Crippen LogP contribution is 2.55. The van der Waals surface area contributed by atoms with Crippen LogP contribution in [0.2, 0.25) is 0 Å². The average Bonchev–Trinajstić information content (AvgIpc) is 3.50. The summed E-state index contributed by atoms with van der Waals surface area (Å²) in [5.41, 5.74) is -0.319. The van der Waals surface area contributed by atoms with Gasteiger partial charge in [-0.2, -0.15) is 0 Å². The van der Waals surface area contributed by atoms with Crippen molar-refractivity contribution in [2.24, 2.45) is 0 Å². The van der Waals surface area contributed by atoms with E-state index in [0.29, 0.717) is 16.7 Å². The van der Waals surface area contributed by atoms with Crippen LogP contribution in [0.3, 0.4) is 0 Å². The van der Waals surface area contributed by atoms with Crippen LogP contribution in [0.15, 0.2) is 109 Å². The fraction of sp³-hybridized carbons (Fsp3) is 0.103. The molecule has 0 radical (unpaired) electrons. The summed E-state index contributed by atoms with van der Waals surface area (Å²) in [7, 11) is 0. The van der Waals surface area contributed by atoms with Gasteiger partial charge in [-0.1, -0.05) is 97.1 Å². The molecule has 0 fully saturated rings. The van der Waals surface area contributed by atoms with E-state index in [0.717, 1.165) is 10.4 Å². The quantitative estimate of drug-likeness (QED) is 0.240. The van der Waals surface area contributed by atoms with Gasteiger partial charge in [-0.25, -0.2) is 9.18 Å². The fourth-order valence-corrected chi connectivity index (χ4v) is 5.26. The van der Waals surface area contributed by atoms with Crippen molar-refractivity contribution in [3.05, 3.63) is 130 Å². The SMILES string of the molecule is O=C(OCc1ccccc1)[C@]1(F)C(=O)C(c2ccccc2)=C(c2cccs2)[C@@H]1c1ccccc1. The van der Waals surface area contributed by atoms with E-state index in [1.54, 1.807) is 60.7 Å². The molecule has 0 unspecified atom stereocenters. The van der Waals surface area contributed by atoms with Crippen molar-refractivity contribution in [3.63, 3.8) is 0 Å². The molecule has 3 nitrogen and oxygen atoms in total. The van der Waals surface area contributed by atoms with Gasteiger partial charge in [-0.3, -0.25) is 4.79 Å². The first kappa shape index (κ1) is 22.0. The Morgan fingerprint density at radius 3 is 2.09 bits per heavy atom. The van der Waals surface area contributed by atoms with Crippen molar-refractivity contribution < 1.29 is 18.7 Å². The third-order valence-electron chi connectivity index (χ3n) is 6.01. The highest BCUT2D eigenvalue weighted by molar-refractivity contribution is 7.11. The molecule has 0 spiro atoms. The Bertz CT molecular complexity index is 1330. The van der Waals surface area contributed by atoms with Crippen LogP contribution in [0, 0.1) is 0 Å². The Labute approximate surface area is 201 Å². The van der Waals surface area contributed by atoms with E-state index in [1.807, 2.05) is 47.8 Å². The average molecular weight is 469 g/mol. The smallest absolute Gasteiger partial charge is 0.353 e. The van der Waals surface area contributed by atoms with Gasteiger partial charge in [0.1, 0.15) is 6.61 Å². The van der Waals surface area contributed by atoms with Crippen LogP contribution in [0.4, 0.5) is 4.39 Å². The zero-order chi connectivity index (χ0) is 23.5. The number of carbonyl (C=O) groups is 2. The van der Waals surface area contributed by atoms with Crippen LogP contribution in [-0.4, -0.2) is 17.4 Å². The number of ether oxygens (including phenoxy) is 1. The molecule has 0 aliphatic heterocycles. The third kappa shape index (κ3) is 3.78. The van der Waals surface area contributed by atoms with Gasteiger partial charge in [0.2, 0.25) is 5.78 Å². The minimum absolute atomic E-state index is 0.116. The van der Waals surface area contributed by atoms with Gasteiger partial charge in [0, 0.05) is 10.5 Å². The van der Waals surface area contributed by atoms with E-state index < -0.39 is 23.3 Å². The molecule has 2 atom stereocenters. The number of benzene rings is 3. The lowest BCUT2D eigenvalue weighted by atomic mass is 9.81. The molecular formula is C29H21FO3S. The maximum absolute atomic E-state index is 17.1. The summed E-state index contributed by atoms with van der Waals surface area (Å²) in [6, 6.07) is 30.6. The van der Waals surface area contributed by atoms with Gasteiger partial charge in [-0.05, 0) is 33.7 Å². The number of hydrogen-bond donors (Lipinski definition) is 0. The van der Waals surface area contributed by atoms with E-state index in [2.05, 4.69) is 0 Å². The van der Waals surface area contributed by atoms with Crippen LogP contribution < -0.4 is 0 Å². The van der Waals surface area contributed by atoms with Gasteiger partial charge in [0.25, 0.3) is 5.67 Å². The number of carbonyl (C=O) groups excluding carboxylic acids is 2. The van der Waals surface area contributed by atoms with Crippen molar-refractivity contribution in [1.82, 2.24) is 0 Å². The van der Waals surface area contributed by atoms with Crippen molar-refractivity contribution in [2.45, 2.75) is 18.2 Å². The predicted molar refractivity (Wildman–Crippen MR) is 132 cm³/mol. The molecule has 5 heteroatoms. The van der Waals surface area contributed by atoms with Crippen LogP contribution in [0.5, 0.6) is 0 Å². The lowest BCUT2D eigenvalue weighted by Crippen LogP contribution is -2.45.